The van der Waals surface area contributed by atoms with Gasteiger partial charge in [0.05, 0.1) is 21.9 Å². The van der Waals surface area contributed by atoms with Crippen LogP contribution in [0.1, 0.15) is 0 Å². The fourth-order valence-electron chi connectivity index (χ4n) is 2.98. The Bertz CT molecular complexity index is 839. The van der Waals surface area contributed by atoms with E-state index in [0.717, 1.165) is 43.2 Å². The predicted molar refractivity (Wildman–Crippen MR) is 93.9 cm³/mol. The second-order valence-corrected chi connectivity index (χ2v) is 6.24. The van der Waals surface area contributed by atoms with Gasteiger partial charge in [0.15, 0.2) is 5.82 Å². The van der Waals surface area contributed by atoms with Gasteiger partial charge in [-0.1, -0.05) is 29.3 Å². The van der Waals surface area contributed by atoms with E-state index in [9.17, 15) is 0 Å². The molecule has 1 saturated heterocycles. The summed E-state index contributed by atoms with van der Waals surface area (Å²) in [6.45, 7) is 3.50. The van der Waals surface area contributed by atoms with Gasteiger partial charge in [0.2, 0.25) is 0 Å². The fraction of sp³-hybridized carbons (Fsp3) is 0.250. The molecule has 0 radical (unpaired) electrons. The number of fused-ring (bicyclic) bond motifs is 1. The van der Waals surface area contributed by atoms with E-state index in [2.05, 4.69) is 19.9 Å². The maximum atomic E-state index is 6.33. The van der Waals surface area contributed by atoms with Crippen LogP contribution < -0.4 is 9.80 Å². The molecule has 0 N–H and O–H groups in total. The maximum absolute atomic E-state index is 6.33. The number of benzene rings is 1. The summed E-state index contributed by atoms with van der Waals surface area (Å²) in [7, 11) is 0. The van der Waals surface area contributed by atoms with Crippen molar-refractivity contribution in [2.75, 3.05) is 36.0 Å². The lowest BCUT2D eigenvalue weighted by Crippen LogP contribution is -2.47. The molecule has 4 rings (SSSR count). The monoisotopic (exact) mass is 347 g/mol. The second kappa shape index (κ2) is 5.91. The van der Waals surface area contributed by atoms with Gasteiger partial charge in [-0.25, -0.2) is 9.50 Å². The average Bonchev–Trinajstić information content (AvgIpc) is 3.06. The molecule has 0 unspecified atom stereocenters. The highest BCUT2D eigenvalue weighted by molar-refractivity contribution is 6.43. The summed E-state index contributed by atoms with van der Waals surface area (Å²) in [6, 6.07) is 7.75. The molecule has 0 saturated carbocycles. The molecule has 0 atom stereocenters. The van der Waals surface area contributed by atoms with Crippen molar-refractivity contribution < 1.29 is 0 Å². The van der Waals surface area contributed by atoms with E-state index >= 15 is 0 Å². The minimum atomic E-state index is 0.595. The molecule has 1 aliphatic heterocycles. The van der Waals surface area contributed by atoms with Crippen molar-refractivity contribution in [3.63, 3.8) is 0 Å². The van der Waals surface area contributed by atoms with Gasteiger partial charge in [0.1, 0.15) is 5.52 Å². The zero-order valence-corrected chi connectivity index (χ0v) is 13.9. The molecule has 3 aromatic rings. The van der Waals surface area contributed by atoms with Crippen molar-refractivity contribution in [2.45, 2.75) is 0 Å². The fourth-order valence-corrected chi connectivity index (χ4v) is 3.40. The van der Waals surface area contributed by atoms with Crippen molar-refractivity contribution in [1.82, 2.24) is 14.6 Å². The molecule has 5 nitrogen and oxygen atoms in total. The predicted octanol–water partition coefficient (Wildman–Crippen LogP) is 3.36. The zero-order chi connectivity index (χ0) is 15.8. The Morgan fingerprint density at radius 2 is 1.70 bits per heavy atom. The molecular formula is C16H15Cl2N5. The first-order valence-electron chi connectivity index (χ1n) is 7.46. The summed E-state index contributed by atoms with van der Waals surface area (Å²) in [6.07, 6.45) is 5.44. The quantitative estimate of drug-likeness (QED) is 0.712. The molecule has 1 aliphatic rings. The average molecular weight is 348 g/mol. The first-order chi connectivity index (χ1) is 11.2. The lowest BCUT2D eigenvalue weighted by Gasteiger charge is -2.37. The summed E-state index contributed by atoms with van der Waals surface area (Å²) >= 11 is 12.5. The first-order valence-corrected chi connectivity index (χ1v) is 8.22. The molecule has 23 heavy (non-hydrogen) atoms. The van der Waals surface area contributed by atoms with Gasteiger partial charge in [0.25, 0.3) is 0 Å². The number of hydrogen-bond donors (Lipinski definition) is 0. The van der Waals surface area contributed by atoms with Crippen LogP contribution >= 0.6 is 23.2 Å². The Kier molecular flexibility index (Phi) is 3.75. The highest BCUT2D eigenvalue weighted by atomic mass is 35.5. The highest BCUT2D eigenvalue weighted by Crippen LogP contribution is 2.33. The molecule has 7 heteroatoms. The van der Waals surface area contributed by atoms with Gasteiger partial charge in [-0.2, -0.15) is 5.10 Å². The van der Waals surface area contributed by atoms with Crippen LogP contribution in [0.25, 0.3) is 5.52 Å². The van der Waals surface area contributed by atoms with Gasteiger partial charge in [0, 0.05) is 38.6 Å². The first kappa shape index (κ1) is 14.6. The molecule has 0 aliphatic carbocycles. The van der Waals surface area contributed by atoms with E-state index in [-0.39, 0.29) is 0 Å². The Labute approximate surface area is 144 Å². The summed E-state index contributed by atoms with van der Waals surface area (Å²) < 4.78 is 1.85. The smallest absolute Gasteiger partial charge is 0.154 e. The van der Waals surface area contributed by atoms with Gasteiger partial charge >= 0.3 is 0 Å². The number of rotatable bonds is 2. The van der Waals surface area contributed by atoms with Crippen molar-refractivity contribution in [3.05, 3.63) is 52.9 Å². The number of halogens is 2. The lowest BCUT2D eigenvalue weighted by atomic mass is 10.2. The number of hydrogen-bond acceptors (Lipinski definition) is 4. The minimum absolute atomic E-state index is 0.595. The van der Waals surface area contributed by atoms with Crippen LogP contribution in [0.4, 0.5) is 11.5 Å². The zero-order valence-electron chi connectivity index (χ0n) is 12.4. The maximum Gasteiger partial charge on any atom is 0.154 e. The largest absolute Gasteiger partial charge is 0.367 e. The Balaban J connectivity index is 1.55. The summed E-state index contributed by atoms with van der Waals surface area (Å²) in [5.74, 6) is 0.974. The van der Waals surface area contributed by atoms with Gasteiger partial charge < -0.3 is 9.80 Å². The van der Waals surface area contributed by atoms with E-state index in [0.29, 0.717) is 10.0 Å². The summed E-state index contributed by atoms with van der Waals surface area (Å²) in [5, 5.41) is 5.48. The van der Waals surface area contributed by atoms with Gasteiger partial charge in [-0.3, -0.25) is 0 Å². The molecule has 0 amide bonds. The molecule has 0 spiro atoms. The van der Waals surface area contributed by atoms with Crippen molar-refractivity contribution in [3.8, 4) is 0 Å². The van der Waals surface area contributed by atoms with Crippen LogP contribution in [0.5, 0.6) is 0 Å². The van der Waals surface area contributed by atoms with E-state index in [1.54, 1.807) is 12.4 Å². The number of aromatic nitrogens is 3. The summed E-state index contributed by atoms with van der Waals surface area (Å²) in [5.41, 5.74) is 2.02. The van der Waals surface area contributed by atoms with Crippen LogP contribution in [0.15, 0.2) is 42.9 Å². The van der Waals surface area contributed by atoms with Crippen LogP contribution in [-0.2, 0) is 0 Å². The molecular weight excluding hydrogens is 333 g/mol. The number of anilines is 2. The van der Waals surface area contributed by atoms with Crippen LogP contribution in [0, 0.1) is 0 Å². The van der Waals surface area contributed by atoms with Crippen LogP contribution in [0.3, 0.4) is 0 Å². The van der Waals surface area contributed by atoms with E-state index < -0.39 is 0 Å². The third-order valence-corrected chi connectivity index (χ3v) is 4.96. The highest BCUT2D eigenvalue weighted by Gasteiger charge is 2.22. The molecule has 1 aromatic carbocycles. The second-order valence-electron chi connectivity index (χ2n) is 5.46. The number of nitrogens with zero attached hydrogens (tertiary/aromatic N) is 5. The molecule has 118 valence electrons. The van der Waals surface area contributed by atoms with Crippen LogP contribution in [0.2, 0.25) is 10.0 Å². The summed E-state index contributed by atoms with van der Waals surface area (Å²) in [4.78, 5) is 9.08. The lowest BCUT2D eigenvalue weighted by molar-refractivity contribution is 0.647. The van der Waals surface area contributed by atoms with Crippen LogP contribution in [-0.4, -0.2) is 40.8 Å². The Morgan fingerprint density at radius 3 is 2.52 bits per heavy atom. The van der Waals surface area contributed by atoms with Gasteiger partial charge in [-0.05, 0) is 18.2 Å². The minimum Gasteiger partial charge on any atom is -0.367 e. The van der Waals surface area contributed by atoms with E-state index in [1.807, 2.05) is 35.0 Å². The third kappa shape index (κ3) is 2.60. The SMILES string of the molecule is Clc1cccc(N2CCN(c3nccn4nccc34)CC2)c1Cl. The van der Waals surface area contributed by atoms with Gasteiger partial charge in [-0.15, -0.1) is 0 Å². The number of piperazine rings is 1. The molecule has 2 aromatic heterocycles. The standard InChI is InChI=1S/C16H15Cl2N5/c17-12-2-1-3-13(15(12)18)21-8-10-22(11-9-21)16-14-4-5-20-23(14)7-6-19-16/h1-7H,8-11H2. The molecule has 3 heterocycles. The normalized spacial score (nSPS) is 15.4. The topological polar surface area (TPSA) is 36.7 Å². The molecule has 1 fully saturated rings. The Hall–Kier alpha value is -1.98. The molecule has 0 bridgehead atoms. The van der Waals surface area contributed by atoms with E-state index in [4.69, 9.17) is 23.2 Å². The Morgan fingerprint density at radius 1 is 0.913 bits per heavy atom. The van der Waals surface area contributed by atoms with Crippen molar-refractivity contribution in [2.24, 2.45) is 0 Å². The van der Waals surface area contributed by atoms with Crippen molar-refractivity contribution in [1.29, 1.82) is 0 Å². The van der Waals surface area contributed by atoms with E-state index in [1.165, 1.54) is 0 Å². The van der Waals surface area contributed by atoms with Crippen molar-refractivity contribution >= 4 is 40.2 Å². The third-order valence-electron chi connectivity index (χ3n) is 4.16.